The summed E-state index contributed by atoms with van der Waals surface area (Å²) in [6.07, 6.45) is 3.56. The van der Waals surface area contributed by atoms with Crippen LogP contribution in [-0.4, -0.2) is 28.1 Å². The summed E-state index contributed by atoms with van der Waals surface area (Å²) in [6.45, 7) is 7.28. The predicted molar refractivity (Wildman–Crippen MR) is 107 cm³/mol. The number of aromatic hydroxyl groups is 1. The highest BCUT2D eigenvalue weighted by molar-refractivity contribution is 5.68. The van der Waals surface area contributed by atoms with Crippen LogP contribution in [0.1, 0.15) is 22.3 Å². The summed E-state index contributed by atoms with van der Waals surface area (Å²) in [5.41, 5.74) is 6.88. The van der Waals surface area contributed by atoms with Gasteiger partial charge in [0.25, 0.3) is 0 Å². The maximum atomic E-state index is 10.5. The molecule has 4 nitrogen and oxygen atoms in total. The van der Waals surface area contributed by atoms with Crippen molar-refractivity contribution in [2.45, 2.75) is 26.9 Å². The summed E-state index contributed by atoms with van der Waals surface area (Å²) < 4.78 is 5.88. The fourth-order valence-corrected chi connectivity index (χ4v) is 3.65. The van der Waals surface area contributed by atoms with Crippen LogP contribution in [0.15, 0.2) is 54.9 Å². The Hall–Kier alpha value is -2.85. The Morgan fingerprint density at radius 1 is 1.11 bits per heavy atom. The second-order valence-electron chi connectivity index (χ2n) is 7.21. The van der Waals surface area contributed by atoms with E-state index in [1.165, 1.54) is 16.7 Å². The van der Waals surface area contributed by atoms with E-state index >= 15 is 0 Å². The number of nitrogens with zero attached hydrogens (tertiary/aromatic N) is 2. The van der Waals surface area contributed by atoms with E-state index in [0.717, 1.165) is 36.3 Å². The third-order valence-electron chi connectivity index (χ3n) is 5.08. The summed E-state index contributed by atoms with van der Waals surface area (Å²) in [6, 6.07) is 14.4. The van der Waals surface area contributed by atoms with Gasteiger partial charge in [0, 0.05) is 43.2 Å². The Bertz CT molecular complexity index is 954. The maximum Gasteiger partial charge on any atom is 0.165 e. The summed E-state index contributed by atoms with van der Waals surface area (Å²) in [7, 11) is 0. The number of rotatable bonds is 3. The lowest BCUT2D eigenvalue weighted by Crippen LogP contribution is -2.25. The molecule has 2 aromatic carbocycles. The van der Waals surface area contributed by atoms with Gasteiger partial charge in [-0.05, 0) is 48.7 Å². The van der Waals surface area contributed by atoms with Crippen molar-refractivity contribution >= 4 is 0 Å². The Balaban J connectivity index is 1.63. The first kappa shape index (κ1) is 17.6. The number of hydrogen-bond acceptors (Lipinski definition) is 4. The fraction of sp³-hybridized carbons (Fsp3) is 0.261. The molecule has 0 spiro atoms. The van der Waals surface area contributed by atoms with Crippen molar-refractivity contribution < 1.29 is 9.84 Å². The van der Waals surface area contributed by atoms with Gasteiger partial charge in [-0.2, -0.15) is 0 Å². The molecule has 0 saturated carbocycles. The Morgan fingerprint density at radius 3 is 2.78 bits per heavy atom. The van der Waals surface area contributed by atoms with E-state index in [0.29, 0.717) is 12.4 Å². The smallest absolute Gasteiger partial charge is 0.165 e. The number of aromatic nitrogens is 1. The quantitative estimate of drug-likeness (QED) is 0.749. The molecule has 4 heteroatoms. The molecule has 1 aliphatic heterocycles. The van der Waals surface area contributed by atoms with Gasteiger partial charge in [0.2, 0.25) is 0 Å². The first-order valence-electron chi connectivity index (χ1n) is 9.28. The number of benzene rings is 2. The van der Waals surface area contributed by atoms with Gasteiger partial charge in [-0.1, -0.05) is 29.8 Å². The minimum atomic E-state index is 0.194. The molecule has 1 aromatic heterocycles. The topological polar surface area (TPSA) is 45.6 Å². The summed E-state index contributed by atoms with van der Waals surface area (Å²) >= 11 is 0. The number of aryl methyl sites for hydroxylation is 2. The Labute approximate surface area is 160 Å². The molecule has 138 valence electrons. The van der Waals surface area contributed by atoms with Gasteiger partial charge in [-0.15, -0.1) is 0 Å². The van der Waals surface area contributed by atoms with Crippen LogP contribution in [0.5, 0.6) is 11.5 Å². The third kappa shape index (κ3) is 3.81. The predicted octanol–water partition coefficient (Wildman–Crippen LogP) is 4.47. The van der Waals surface area contributed by atoms with Gasteiger partial charge >= 0.3 is 0 Å². The number of phenols is 1. The average molecular weight is 360 g/mol. The molecule has 0 atom stereocenters. The highest BCUT2D eigenvalue weighted by Crippen LogP contribution is 2.37. The number of fused-ring (bicyclic) bond motifs is 1. The third-order valence-corrected chi connectivity index (χ3v) is 5.08. The monoisotopic (exact) mass is 360 g/mol. The SMILES string of the molecule is Cc1ccc(CN2CCOc3c(O)cc(-c4cccnc4)cc3C2)c(C)c1. The largest absolute Gasteiger partial charge is 0.504 e. The van der Waals surface area contributed by atoms with Crippen molar-refractivity contribution in [2.24, 2.45) is 0 Å². The van der Waals surface area contributed by atoms with Crippen molar-refractivity contribution in [3.8, 4) is 22.6 Å². The molecule has 0 radical (unpaired) electrons. The standard InChI is InChI=1S/C23H24N2O2/c1-16-5-6-19(17(2)10-16)14-25-8-9-27-23-21(15-25)11-20(12-22(23)26)18-4-3-7-24-13-18/h3-7,10-13,26H,8-9,14-15H2,1-2H3. The van der Waals surface area contributed by atoms with Crippen LogP contribution in [0.3, 0.4) is 0 Å². The molecule has 0 unspecified atom stereocenters. The molecule has 0 amide bonds. The first-order valence-corrected chi connectivity index (χ1v) is 9.28. The zero-order valence-electron chi connectivity index (χ0n) is 15.8. The van der Waals surface area contributed by atoms with E-state index in [9.17, 15) is 5.11 Å². The van der Waals surface area contributed by atoms with Crippen LogP contribution in [-0.2, 0) is 13.1 Å². The number of phenolic OH excluding ortho intramolecular Hbond substituents is 1. The molecule has 2 heterocycles. The van der Waals surface area contributed by atoms with Gasteiger partial charge in [0.1, 0.15) is 6.61 Å². The zero-order chi connectivity index (χ0) is 18.8. The molecular weight excluding hydrogens is 336 g/mol. The van der Waals surface area contributed by atoms with Crippen LogP contribution in [0.25, 0.3) is 11.1 Å². The van der Waals surface area contributed by atoms with Gasteiger partial charge < -0.3 is 9.84 Å². The van der Waals surface area contributed by atoms with E-state index in [-0.39, 0.29) is 5.75 Å². The van der Waals surface area contributed by atoms with E-state index in [2.05, 4.69) is 48.0 Å². The first-order chi connectivity index (χ1) is 13.1. The lowest BCUT2D eigenvalue weighted by atomic mass is 10.0. The molecule has 1 N–H and O–H groups in total. The summed E-state index contributed by atoms with van der Waals surface area (Å²) in [5.74, 6) is 0.797. The summed E-state index contributed by atoms with van der Waals surface area (Å²) in [4.78, 5) is 6.56. The molecule has 1 aliphatic rings. The minimum Gasteiger partial charge on any atom is -0.504 e. The summed E-state index contributed by atoms with van der Waals surface area (Å²) in [5, 5.41) is 10.5. The molecule has 27 heavy (non-hydrogen) atoms. The van der Waals surface area contributed by atoms with Crippen LogP contribution in [0.2, 0.25) is 0 Å². The van der Waals surface area contributed by atoms with E-state index in [4.69, 9.17) is 4.74 Å². The molecule has 0 bridgehead atoms. The van der Waals surface area contributed by atoms with Gasteiger partial charge in [0.15, 0.2) is 11.5 Å². The van der Waals surface area contributed by atoms with Crippen LogP contribution in [0.4, 0.5) is 0 Å². The Kier molecular flexibility index (Phi) is 4.82. The molecular formula is C23H24N2O2. The van der Waals surface area contributed by atoms with Crippen LogP contribution in [0, 0.1) is 13.8 Å². The normalized spacial score (nSPS) is 14.3. The lowest BCUT2D eigenvalue weighted by molar-refractivity contribution is 0.217. The fourth-order valence-electron chi connectivity index (χ4n) is 3.65. The van der Waals surface area contributed by atoms with Gasteiger partial charge in [-0.25, -0.2) is 0 Å². The highest BCUT2D eigenvalue weighted by atomic mass is 16.5. The molecule has 4 rings (SSSR count). The van der Waals surface area contributed by atoms with Crippen molar-refractivity contribution in [3.63, 3.8) is 0 Å². The second-order valence-corrected chi connectivity index (χ2v) is 7.21. The maximum absolute atomic E-state index is 10.5. The lowest BCUT2D eigenvalue weighted by Gasteiger charge is -2.21. The van der Waals surface area contributed by atoms with Crippen molar-refractivity contribution in [2.75, 3.05) is 13.2 Å². The van der Waals surface area contributed by atoms with Gasteiger partial charge in [0.05, 0.1) is 0 Å². The zero-order valence-corrected chi connectivity index (χ0v) is 15.8. The van der Waals surface area contributed by atoms with E-state index in [1.807, 2.05) is 18.3 Å². The van der Waals surface area contributed by atoms with Crippen molar-refractivity contribution in [1.29, 1.82) is 0 Å². The van der Waals surface area contributed by atoms with E-state index < -0.39 is 0 Å². The van der Waals surface area contributed by atoms with Crippen molar-refractivity contribution in [3.05, 3.63) is 77.1 Å². The van der Waals surface area contributed by atoms with Gasteiger partial charge in [-0.3, -0.25) is 9.88 Å². The number of hydrogen-bond donors (Lipinski definition) is 1. The number of ether oxygens (including phenoxy) is 1. The van der Waals surface area contributed by atoms with Crippen LogP contribution < -0.4 is 4.74 Å². The minimum absolute atomic E-state index is 0.194. The highest BCUT2D eigenvalue weighted by Gasteiger charge is 2.20. The van der Waals surface area contributed by atoms with E-state index in [1.54, 1.807) is 12.3 Å². The molecule has 3 aromatic rings. The average Bonchev–Trinajstić information content (AvgIpc) is 2.87. The molecule has 0 aliphatic carbocycles. The van der Waals surface area contributed by atoms with Crippen LogP contribution >= 0.6 is 0 Å². The number of pyridine rings is 1. The molecule has 0 saturated heterocycles. The Morgan fingerprint density at radius 2 is 2.00 bits per heavy atom. The molecule has 0 fully saturated rings. The van der Waals surface area contributed by atoms with Crippen molar-refractivity contribution in [1.82, 2.24) is 9.88 Å². The second kappa shape index (κ2) is 7.41.